The van der Waals surface area contributed by atoms with E-state index in [-0.39, 0.29) is 6.04 Å². The fraction of sp³-hybridized carbons (Fsp3) is 1.00. The predicted octanol–water partition coefficient (Wildman–Crippen LogP) is -0.232. The molecule has 3 heteroatoms. The second-order valence-corrected chi connectivity index (χ2v) is 2.87. The first-order valence-corrected chi connectivity index (χ1v) is 3.38. The Kier molecular flexibility index (Phi) is 1.52. The summed E-state index contributed by atoms with van der Waals surface area (Å²) in [7, 11) is 0. The van der Waals surface area contributed by atoms with Gasteiger partial charge in [-0.25, -0.2) is 0 Å². The Labute approximate surface area is 54.5 Å². The summed E-state index contributed by atoms with van der Waals surface area (Å²) in [6.45, 7) is 0. The van der Waals surface area contributed by atoms with Crippen molar-refractivity contribution in [1.29, 1.82) is 0 Å². The Bertz CT molecular complexity index is 90.4. The van der Waals surface area contributed by atoms with E-state index in [0.29, 0.717) is 5.75 Å². The van der Waals surface area contributed by atoms with Gasteiger partial charge in [-0.3, -0.25) is 0 Å². The van der Waals surface area contributed by atoms with Crippen molar-refractivity contribution in [2.45, 2.75) is 24.5 Å². The van der Waals surface area contributed by atoms with Gasteiger partial charge in [0, 0.05) is 11.8 Å². The van der Waals surface area contributed by atoms with Crippen molar-refractivity contribution in [3.63, 3.8) is 0 Å². The number of hydrogen-bond acceptors (Lipinski definition) is 3. The van der Waals surface area contributed by atoms with Gasteiger partial charge in [0.05, 0.1) is 5.60 Å². The Morgan fingerprint density at radius 1 is 1.75 bits per heavy atom. The molecule has 0 atom stereocenters. The van der Waals surface area contributed by atoms with E-state index in [1.54, 1.807) is 0 Å². The summed E-state index contributed by atoms with van der Waals surface area (Å²) in [6, 6.07) is 0.215. The van der Waals surface area contributed by atoms with Crippen LogP contribution in [0.1, 0.15) is 12.8 Å². The van der Waals surface area contributed by atoms with Crippen molar-refractivity contribution in [2.75, 3.05) is 5.75 Å². The molecular formula is C5H11NOS. The zero-order chi connectivity index (χ0) is 6.20. The van der Waals surface area contributed by atoms with Crippen LogP contribution >= 0.6 is 12.6 Å². The Hall–Kier alpha value is 0.270. The summed E-state index contributed by atoms with van der Waals surface area (Å²) < 4.78 is 0. The Balaban J connectivity index is 2.30. The van der Waals surface area contributed by atoms with Gasteiger partial charge in [-0.1, -0.05) is 0 Å². The smallest absolute Gasteiger partial charge is 0.0764 e. The van der Waals surface area contributed by atoms with Crippen LogP contribution in [-0.4, -0.2) is 22.5 Å². The molecule has 1 fully saturated rings. The fourth-order valence-corrected chi connectivity index (χ4v) is 1.30. The lowest BCUT2D eigenvalue weighted by Gasteiger charge is -2.40. The molecule has 0 unspecified atom stereocenters. The number of thiol groups is 1. The number of rotatable bonds is 1. The van der Waals surface area contributed by atoms with Crippen molar-refractivity contribution in [3.05, 3.63) is 0 Å². The molecule has 0 aromatic rings. The van der Waals surface area contributed by atoms with Crippen molar-refractivity contribution in [3.8, 4) is 0 Å². The average Bonchev–Trinajstić information content (AvgIpc) is 1.63. The second kappa shape index (κ2) is 1.90. The highest BCUT2D eigenvalue weighted by atomic mass is 32.1. The summed E-state index contributed by atoms with van der Waals surface area (Å²) >= 11 is 3.97. The van der Waals surface area contributed by atoms with E-state index in [4.69, 9.17) is 5.73 Å². The molecule has 0 aromatic carbocycles. The normalized spacial score (nSPS) is 46.1. The van der Waals surface area contributed by atoms with Crippen LogP contribution in [0.4, 0.5) is 0 Å². The third-order valence-electron chi connectivity index (χ3n) is 1.58. The highest BCUT2D eigenvalue weighted by Gasteiger charge is 2.39. The van der Waals surface area contributed by atoms with Crippen molar-refractivity contribution >= 4 is 12.6 Å². The molecule has 0 amide bonds. The summed E-state index contributed by atoms with van der Waals surface area (Å²) in [5, 5.41) is 9.23. The van der Waals surface area contributed by atoms with E-state index in [0.717, 1.165) is 12.8 Å². The molecule has 0 radical (unpaired) electrons. The quantitative estimate of drug-likeness (QED) is 0.433. The summed E-state index contributed by atoms with van der Waals surface area (Å²) in [6.07, 6.45) is 1.44. The number of aliphatic hydroxyl groups is 1. The third kappa shape index (κ3) is 0.989. The van der Waals surface area contributed by atoms with Crippen LogP contribution in [0.15, 0.2) is 0 Å². The standard InChI is InChI=1S/C5H11NOS/c6-4-1-5(7,2-4)3-8/h4,7-8H,1-3,6H2/t4-,5+. The zero-order valence-electron chi connectivity index (χ0n) is 4.67. The lowest BCUT2D eigenvalue weighted by atomic mass is 9.78. The molecule has 0 heterocycles. The molecule has 1 aliphatic rings. The molecule has 0 saturated heterocycles. The molecule has 2 nitrogen and oxygen atoms in total. The molecule has 0 spiro atoms. The van der Waals surface area contributed by atoms with Crippen LogP contribution in [0.5, 0.6) is 0 Å². The minimum atomic E-state index is -0.525. The molecule has 48 valence electrons. The van der Waals surface area contributed by atoms with E-state index >= 15 is 0 Å². The van der Waals surface area contributed by atoms with Gasteiger partial charge in [-0.2, -0.15) is 12.6 Å². The van der Waals surface area contributed by atoms with Crippen LogP contribution in [0.3, 0.4) is 0 Å². The van der Waals surface area contributed by atoms with Crippen LogP contribution in [0.25, 0.3) is 0 Å². The first-order valence-electron chi connectivity index (χ1n) is 2.75. The second-order valence-electron chi connectivity index (χ2n) is 2.55. The molecule has 0 aliphatic heterocycles. The first kappa shape index (κ1) is 6.39. The van der Waals surface area contributed by atoms with Gasteiger partial charge in [0.2, 0.25) is 0 Å². The highest BCUT2D eigenvalue weighted by Crippen LogP contribution is 2.31. The van der Waals surface area contributed by atoms with Gasteiger partial charge in [-0.15, -0.1) is 0 Å². The topological polar surface area (TPSA) is 46.2 Å². The van der Waals surface area contributed by atoms with Crippen LogP contribution in [0, 0.1) is 0 Å². The largest absolute Gasteiger partial charge is 0.389 e. The summed E-state index contributed by atoms with van der Waals surface area (Å²) in [5.41, 5.74) is 4.91. The van der Waals surface area contributed by atoms with Gasteiger partial charge < -0.3 is 10.8 Å². The lowest BCUT2D eigenvalue weighted by Crippen LogP contribution is -2.52. The molecule has 1 rings (SSSR count). The van der Waals surface area contributed by atoms with E-state index in [1.807, 2.05) is 0 Å². The number of hydrogen-bond donors (Lipinski definition) is 3. The van der Waals surface area contributed by atoms with E-state index in [1.165, 1.54) is 0 Å². The van der Waals surface area contributed by atoms with Gasteiger partial charge in [0.1, 0.15) is 0 Å². The van der Waals surface area contributed by atoms with Crippen molar-refractivity contribution < 1.29 is 5.11 Å². The maximum atomic E-state index is 9.23. The van der Waals surface area contributed by atoms with Gasteiger partial charge >= 0.3 is 0 Å². The van der Waals surface area contributed by atoms with Crippen LogP contribution < -0.4 is 5.73 Å². The average molecular weight is 133 g/mol. The minimum absolute atomic E-state index is 0.215. The van der Waals surface area contributed by atoms with Gasteiger partial charge in [0.25, 0.3) is 0 Å². The van der Waals surface area contributed by atoms with Crippen LogP contribution in [-0.2, 0) is 0 Å². The fourth-order valence-electron chi connectivity index (χ4n) is 1.05. The molecule has 8 heavy (non-hydrogen) atoms. The van der Waals surface area contributed by atoms with Gasteiger partial charge in [-0.05, 0) is 12.8 Å². The Morgan fingerprint density at radius 3 is 2.38 bits per heavy atom. The summed E-state index contributed by atoms with van der Waals surface area (Å²) in [4.78, 5) is 0. The van der Waals surface area contributed by atoms with Crippen LogP contribution in [0.2, 0.25) is 0 Å². The van der Waals surface area contributed by atoms with E-state index in [2.05, 4.69) is 12.6 Å². The number of nitrogens with two attached hydrogens (primary N) is 1. The minimum Gasteiger partial charge on any atom is -0.389 e. The highest BCUT2D eigenvalue weighted by molar-refractivity contribution is 7.80. The Morgan fingerprint density at radius 2 is 2.25 bits per heavy atom. The third-order valence-corrected chi connectivity index (χ3v) is 2.17. The molecule has 0 aromatic heterocycles. The monoisotopic (exact) mass is 133 g/mol. The van der Waals surface area contributed by atoms with Crippen molar-refractivity contribution in [1.82, 2.24) is 0 Å². The molecule has 1 saturated carbocycles. The van der Waals surface area contributed by atoms with Gasteiger partial charge in [0.15, 0.2) is 0 Å². The van der Waals surface area contributed by atoms with Crippen molar-refractivity contribution in [2.24, 2.45) is 5.73 Å². The maximum absolute atomic E-state index is 9.23. The molecule has 3 N–H and O–H groups in total. The molecular weight excluding hydrogens is 122 g/mol. The lowest BCUT2D eigenvalue weighted by molar-refractivity contribution is -0.0237. The van der Waals surface area contributed by atoms with E-state index in [9.17, 15) is 5.11 Å². The first-order chi connectivity index (χ1) is 3.66. The summed E-state index contributed by atoms with van der Waals surface area (Å²) in [5.74, 6) is 0.542. The predicted molar refractivity (Wildman–Crippen MR) is 36.0 cm³/mol. The maximum Gasteiger partial charge on any atom is 0.0764 e. The zero-order valence-corrected chi connectivity index (χ0v) is 5.56. The molecule has 0 bridgehead atoms. The van der Waals surface area contributed by atoms with E-state index < -0.39 is 5.60 Å². The molecule has 1 aliphatic carbocycles. The SMILES string of the molecule is N[C@H]1C[C@](O)(CS)C1.